The molecule has 1 aromatic heterocycles. The third kappa shape index (κ3) is 5.77. The quantitative estimate of drug-likeness (QED) is 0.482. The normalized spacial score (nSPS) is 16.3. The predicted octanol–water partition coefficient (Wildman–Crippen LogP) is 3.25. The van der Waals surface area contributed by atoms with Gasteiger partial charge in [-0.1, -0.05) is 19.1 Å². The van der Waals surface area contributed by atoms with Gasteiger partial charge in [0.25, 0.3) is 5.91 Å². The number of ether oxygens (including phenoxy) is 1. The third-order valence-corrected chi connectivity index (χ3v) is 7.59. The number of hydrogen-bond acceptors (Lipinski definition) is 8. The first-order chi connectivity index (χ1) is 19.4. The van der Waals surface area contributed by atoms with Crippen LogP contribution in [0.1, 0.15) is 30.8 Å². The minimum absolute atomic E-state index is 0.0507. The molecule has 1 N–H and O–H groups in total. The number of hydrogen-bond donors (Lipinski definition) is 1. The molecule has 3 aromatic rings. The fourth-order valence-electron chi connectivity index (χ4n) is 5.32. The lowest BCUT2D eigenvalue weighted by atomic mass is 10.1. The number of carbonyl (C=O) groups excluding carboxylic acids is 2. The van der Waals surface area contributed by atoms with Crippen molar-refractivity contribution in [2.24, 2.45) is 0 Å². The lowest BCUT2D eigenvalue weighted by Crippen LogP contribution is -2.48. The van der Waals surface area contributed by atoms with Crippen molar-refractivity contribution in [3.8, 4) is 5.75 Å². The van der Waals surface area contributed by atoms with E-state index in [0.29, 0.717) is 61.6 Å². The first kappa shape index (κ1) is 27.5. The number of amides is 2. The topological polar surface area (TPSA) is 98.6 Å². The van der Waals surface area contributed by atoms with Crippen molar-refractivity contribution in [3.05, 3.63) is 58.4 Å². The second kappa shape index (κ2) is 12.0. The van der Waals surface area contributed by atoms with Gasteiger partial charge < -0.3 is 34.1 Å². The van der Waals surface area contributed by atoms with E-state index in [9.17, 15) is 14.4 Å². The monoisotopic (exact) mass is 547 g/mol. The summed E-state index contributed by atoms with van der Waals surface area (Å²) in [6, 6.07) is 12.4. The fraction of sp³-hybridized carbons (Fsp3) is 0.433. The maximum atomic E-state index is 13.5. The van der Waals surface area contributed by atoms with Crippen LogP contribution in [0.2, 0.25) is 0 Å². The molecular formula is C30H37N5O5. The van der Waals surface area contributed by atoms with Crippen molar-refractivity contribution in [2.45, 2.75) is 20.3 Å². The van der Waals surface area contributed by atoms with Crippen molar-refractivity contribution < 1.29 is 18.7 Å². The summed E-state index contributed by atoms with van der Waals surface area (Å²) in [5, 5.41) is 3.34. The lowest BCUT2D eigenvalue weighted by Gasteiger charge is -2.36. The van der Waals surface area contributed by atoms with E-state index >= 15 is 0 Å². The summed E-state index contributed by atoms with van der Waals surface area (Å²) in [6.45, 7) is 10.1. The van der Waals surface area contributed by atoms with E-state index < -0.39 is 5.91 Å². The van der Waals surface area contributed by atoms with E-state index in [2.05, 4.69) is 27.1 Å². The van der Waals surface area contributed by atoms with Gasteiger partial charge in [-0.15, -0.1) is 0 Å². The van der Waals surface area contributed by atoms with Crippen LogP contribution in [-0.2, 0) is 4.79 Å². The zero-order valence-electron chi connectivity index (χ0n) is 23.4. The molecule has 2 amide bonds. The lowest BCUT2D eigenvalue weighted by molar-refractivity contribution is -0.131. The predicted molar refractivity (Wildman–Crippen MR) is 157 cm³/mol. The Morgan fingerprint density at radius 1 is 0.900 bits per heavy atom. The molecule has 5 rings (SSSR count). The molecule has 10 nitrogen and oxygen atoms in total. The van der Waals surface area contributed by atoms with E-state index in [0.717, 1.165) is 37.6 Å². The number of likely N-dealkylation sites (N-methyl/N-ethyl adjacent to an activating group) is 1. The molecule has 0 radical (unpaired) electrons. The highest BCUT2D eigenvalue weighted by Crippen LogP contribution is 2.33. The molecule has 0 atom stereocenters. The van der Waals surface area contributed by atoms with Crippen LogP contribution in [0.25, 0.3) is 11.0 Å². The number of nitrogens with one attached hydrogen (secondary N) is 1. The number of nitrogens with zero attached hydrogens (tertiary/aromatic N) is 4. The number of benzene rings is 2. The van der Waals surface area contributed by atoms with Gasteiger partial charge in [0.2, 0.25) is 5.91 Å². The van der Waals surface area contributed by atoms with Crippen LogP contribution in [0.4, 0.5) is 17.1 Å². The first-order valence-electron chi connectivity index (χ1n) is 14.0. The SMILES string of the molecule is CCOc1cc(N2CCN(C)CC2)c2oc(C(=O)Nc3ccccc3N3CCN(C(=O)CC)CC3)cc(=O)c2c1. The molecular weight excluding hydrogens is 510 g/mol. The number of para-hydroxylation sites is 2. The molecule has 0 spiro atoms. The van der Waals surface area contributed by atoms with Crippen LogP contribution < -0.4 is 25.3 Å². The fourth-order valence-corrected chi connectivity index (χ4v) is 5.32. The first-order valence-corrected chi connectivity index (χ1v) is 14.0. The average Bonchev–Trinajstić information content (AvgIpc) is 2.97. The Hall–Kier alpha value is -4.05. The average molecular weight is 548 g/mol. The summed E-state index contributed by atoms with van der Waals surface area (Å²) in [5.74, 6) is 0.203. The van der Waals surface area contributed by atoms with E-state index in [1.165, 1.54) is 6.07 Å². The largest absolute Gasteiger partial charge is 0.494 e. The molecule has 2 aliphatic heterocycles. The molecule has 3 heterocycles. The molecule has 212 valence electrons. The Balaban J connectivity index is 1.43. The molecule has 10 heteroatoms. The van der Waals surface area contributed by atoms with Gasteiger partial charge in [-0.2, -0.15) is 0 Å². The summed E-state index contributed by atoms with van der Waals surface area (Å²) >= 11 is 0. The number of rotatable bonds is 7. The van der Waals surface area contributed by atoms with Crippen molar-refractivity contribution in [3.63, 3.8) is 0 Å². The number of piperazine rings is 2. The van der Waals surface area contributed by atoms with Gasteiger partial charge in [0, 0.05) is 70.9 Å². The summed E-state index contributed by atoms with van der Waals surface area (Å²) < 4.78 is 11.9. The number of anilines is 3. The molecule has 40 heavy (non-hydrogen) atoms. The molecule has 0 unspecified atom stereocenters. The van der Waals surface area contributed by atoms with E-state index in [4.69, 9.17) is 9.15 Å². The highest BCUT2D eigenvalue weighted by molar-refractivity contribution is 6.05. The molecule has 2 aromatic carbocycles. The molecule has 0 saturated carbocycles. The maximum Gasteiger partial charge on any atom is 0.291 e. The van der Waals surface area contributed by atoms with Gasteiger partial charge in [0.15, 0.2) is 16.8 Å². The molecule has 0 aliphatic carbocycles. The molecule has 2 saturated heterocycles. The van der Waals surface area contributed by atoms with Crippen molar-refractivity contribution in [1.82, 2.24) is 9.80 Å². The van der Waals surface area contributed by atoms with Crippen LogP contribution >= 0.6 is 0 Å². The zero-order valence-corrected chi connectivity index (χ0v) is 23.4. The minimum Gasteiger partial charge on any atom is -0.494 e. The minimum atomic E-state index is -0.496. The Morgan fingerprint density at radius 3 is 2.27 bits per heavy atom. The molecule has 0 bridgehead atoms. The van der Waals surface area contributed by atoms with Gasteiger partial charge in [0.05, 0.1) is 29.1 Å². The van der Waals surface area contributed by atoms with Gasteiger partial charge in [-0.25, -0.2) is 0 Å². The summed E-state index contributed by atoms with van der Waals surface area (Å²) in [6.07, 6.45) is 0.493. The van der Waals surface area contributed by atoms with Crippen LogP contribution in [0.5, 0.6) is 5.75 Å². The van der Waals surface area contributed by atoms with E-state index in [1.807, 2.05) is 49.1 Å². The Bertz CT molecular complexity index is 1440. The van der Waals surface area contributed by atoms with Crippen LogP contribution in [0.15, 0.2) is 51.7 Å². The maximum absolute atomic E-state index is 13.5. The standard InChI is InChI=1S/C30H37N5O5/c1-4-28(37)35-16-14-33(15-17-35)24-9-7-6-8-23(24)31-30(38)27-20-26(36)22-18-21(39-5-2)19-25(29(22)40-27)34-12-10-32(3)11-13-34/h6-9,18-20H,4-5,10-17H2,1-3H3,(H,31,38). The second-order valence-electron chi connectivity index (χ2n) is 10.2. The smallest absolute Gasteiger partial charge is 0.291 e. The summed E-state index contributed by atoms with van der Waals surface area (Å²) in [5.41, 5.74) is 2.32. The number of fused-ring (bicyclic) bond motifs is 1. The summed E-state index contributed by atoms with van der Waals surface area (Å²) in [4.78, 5) is 47.3. The molecule has 2 fully saturated rings. The zero-order chi connectivity index (χ0) is 28.2. The van der Waals surface area contributed by atoms with Gasteiger partial charge in [-0.3, -0.25) is 14.4 Å². The van der Waals surface area contributed by atoms with Crippen LogP contribution in [0.3, 0.4) is 0 Å². The Labute approximate surface area is 234 Å². The van der Waals surface area contributed by atoms with Gasteiger partial charge in [-0.05, 0) is 32.2 Å². The van der Waals surface area contributed by atoms with Crippen molar-refractivity contribution in [1.29, 1.82) is 0 Å². The van der Waals surface area contributed by atoms with Gasteiger partial charge >= 0.3 is 0 Å². The van der Waals surface area contributed by atoms with Crippen LogP contribution in [0, 0.1) is 0 Å². The van der Waals surface area contributed by atoms with E-state index in [-0.39, 0.29) is 17.1 Å². The Morgan fingerprint density at radius 2 is 1.57 bits per heavy atom. The van der Waals surface area contributed by atoms with Crippen molar-refractivity contribution >= 4 is 39.8 Å². The highest BCUT2D eigenvalue weighted by Gasteiger charge is 2.24. The van der Waals surface area contributed by atoms with E-state index in [1.54, 1.807) is 6.07 Å². The Kier molecular flexibility index (Phi) is 8.25. The second-order valence-corrected chi connectivity index (χ2v) is 10.2. The van der Waals surface area contributed by atoms with Gasteiger partial charge in [0.1, 0.15) is 5.75 Å². The van der Waals surface area contributed by atoms with Crippen molar-refractivity contribution in [2.75, 3.05) is 81.1 Å². The summed E-state index contributed by atoms with van der Waals surface area (Å²) in [7, 11) is 2.08. The highest BCUT2D eigenvalue weighted by atomic mass is 16.5. The third-order valence-electron chi connectivity index (χ3n) is 7.59. The van der Waals surface area contributed by atoms with Crippen LogP contribution in [-0.4, -0.2) is 87.6 Å². The number of carbonyl (C=O) groups is 2. The molecule has 2 aliphatic rings.